The minimum atomic E-state index is -0.0460. The van der Waals surface area contributed by atoms with Crippen LogP contribution in [0.1, 0.15) is 104 Å². The molecule has 0 aromatic carbocycles. The summed E-state index contributed by atoms with van der Waals surface area (Å²) >= 11 is 0. The number of hydrogen-bond acceptors (Lipinski definition) is 4. The van der Waals surface area contributed by atoms with Crippen LogP contribution in [0.3, 0.4) is 0 Å². The molecule has 0 aliphatic carbocycles. The monoisotopic (exact) mass is 368 g/mol. The summed E-state index contributed by atoms with van der Waals surface area (Å²) in [4.78, 5) is 11.2. The zero-order chi connectivity index (χ0) is 18.6. The van der Waals surface area contributed by atoms with Gasteiger partial charge in [-0.3, -0.25) is 4.79 Å². The third-order valence-corrected chi connectivity index (χ3v) is 5.61. The quantitative estimate of drug-likeness (QED) is 0.191. The molecule has 0 amide bonds. The number of esters is 1. The van der Waals surface area contributed by atoms with Gasteiger partial charge in [0.25, 0.3) is 0 Å². The van der Waals surface area contributed by atoms with Gasteiger partial charge in [0.15, 0.2) is 0 Å². The van der Waals surface area contributed by atoms with Crippen molar-refractivity contribution in [1.82, 2.24) is 0 Å². The van der Waals surface area contributed by atoms with Crippen molar-refractivity contribution in [2.24, 2.45) is 0 Å². The number of unbranched alkanes of at least 4 members (excludes halogenated alkanes) is 8. The van der Waals surface area contributed by atoms with Gasteiger partial charge in [0.1, 0.15) is 0 Å². The molecule has 2 aliphatic rings. The van der Waals surface area contributed by atoms with Crippen molar-refractivity contribution in [3.05, 3.63) is 0 Å². The highest BCUT2D eigenvalue weighted by atomic mass is 16.6. The van der Waals surface area contributed by atoms with Gasteiger partial charge in [0, 0.05) is 12.8 Å². The maximum atomic E-state index is 11.2. The molecule has 0 spiro atoms. The highest BCUT2D eigenvalue weighted by Gasteiger charge is 2.47. The van der Waals surface area contributed by atoms with Gasteiger partial charge >= 0.3 is 5.97 Å². The molecule has 2 saturated heterocycles. The summed E-state index contributed by atoms with van der Waals surface area (Å²) in [5.41, 5.74) is 0. The van der Waals surface area contributed by atoms with Crippen molar-refractivity contribution in [1.29, 1.82) is 0 Å². The molecule has 26 heavy (non-hydrogen) atoms. The van der Waals surface area contributed by atoms with Crippen LogP contribution in [0.5, 0.6) is 0 Å². The van der Waals surface area contributed by atoms with Gasteiger partial charge < -0.3 is 14.2 Å². The van der Waals surface area contributed by atoms with Crippen LogP contribution in [0.4, 0.5) is 0 Å². The second-order valence-corrected chi connectivity index (χ2v) is 7.98. The molecular formula is C22H40O4. The van der Waals surface area contributed by atoms with Gasteiger partial charge in [-0.15, -0.1) is 0 Å². The third-order valence-electron chi connectivity index (χ3n) is 5.61. The molecule has 4 nitrogen and oxygen atoms in total. The summed E-state index contributed by atoms with van der Waals surface area (Å²) < 4.78 is 16.5. The number of hydrogen-bond donors (Lipinski definition) is 0. The molecule has 4 heteroatoms. The average molecular weight is 369 g/mol. The van der Waals surface area contributed by atoms with Gasteiger partial charge in [-0.25, -0.2) is 0 Å². The van der Waals surface area contributed by atoms with Crippen LogP contribution in [-0.4, -0.2) is 37.0 Å². The van der Waals surface area contributed by atoms with E-state index in [0.29, 0.717) is 37.4 Å². The Balaban J connectivity index is 1.31. The maximum absolute atomic E-state index is 11.2. The molecule has 2 heterocycles. The van der Waals surface area contributed by atoms with Gasteiger partial charge in [0.2, 0.25) is 0 Å². The molecule has 0 aromatic heterocycles. The summed E-state index contributed by atoms with van der Waals surface area (Å²) in [5, 5.41) is 0. The van der Waals surface area contributed by atoms with E-state index in [4.69, 9.17) is 14.2 Å². The molecule has 2 aliphatic heterocycles. The van der Waals surface area contributed by atoms with Crippen molar-refractivity contribution in [2.75, 3.05) is 6.61 Å². The number of rotatable bonds is 17. The van der Waals surface area contributed by atoms with Crippen molar-refractivity contribution < 1.29 is 19.0 Å². The second-order valence-electron chi connectivity index (χ2n) is 7.98. The molecular weight excluding hydrogens is 328 g/mol. The molecule has 0 saturated carbocycles. The molecule has 4 atom stereocenters. The lowest BCUT2D eigenvalue weighted by molar-refractivity contribution is -0.143. The third kappa shape index (κ3) is 9.36. The van der Waals surface area contributed by atoms with Crippen LogP contribution in [0.25, 0.3) is 0 Å². The smallest absolute Gasteiger partial charge is 0.305 e. The molecule has 2 rings (SSSR count). The Morgan fingerprint density at radius 1 is 0.731 bits per heavy atom. The van der Waals surface area contributed by atoms with Crippen LogP contribution in [0, 0.1) is 0 Å². The molecule has 0 N–H and O–H groups in total. The normalized spacial score (nSPS) is 26.7. The van der Waals surface area contributed by atoms with Crippen molar-refractivity contribution in [3.8, 4) is 0 Å². The Morgan fingerprint density at radius 3 is 1.85 bits per heavy atom. The molecule has 0 aromatic rings. The van der Waals surface area contributed by atoms with Gasteiger partial charge in [-0.2, -0.15) is 0 Å². The van der Waals surface area contributed by atoms with Crippen LogP contribution < -0.4 is 0 Å². The van der Waals surface area contributed by atoms with E-state index in [-0.39, 0.29) is 5.97 Å². The van der Waals surface area contributed by atoms with E-state index in [1.807, 2.05) is 6.92 Å². The lowest BCUT2D eigenvalue weighted by atomic mass is 10.0. The van der Waals surface area contributed by atoms with Crippen LogP contribution in [0.2, 0.25) is 0 Å². The van der Waals surface area contributed by atoms with Gasteiger partial charge in [-0.05, 0) is 26.2 Å². The van der Waals surface area contributed by atoms with Crippen molar-refractivity contribution in [2.45, 2.75) is 128 Å². The fourth-order valence-corrected chi connectivity index (χ4v) is 3.84. The van der Waals surface area contributed by atoms with E-state index in [2.05, 4.69) is 6.92 Å². The Bertz CT molecular complexity index is 384. The number of carbonyl (C=O) groups is 1. The lowest BCUT2D eigenvalue weighted by Crippen LogP contribution is -2.03. The number of ether oxygens (including phenoxy) is 3. The summed E-state index contributed by atoms with van der Waals surface area (Å²) in [6, 6.07) is 0. The molecule has 0 radical (unpaired) electrons. The Kier molecular flexibility index (Phi) is 10.6. The van der Waals surface area contributed by atoms with E-state index in [9.17, 15) is 4.79 Å². The predicted molar refractivity (Wildman–Crippen MR) is 104 cm³/mol. The summed E-state index contributed by atoms with van der Waals surface area (Å²) in [7, 11) is 0. The first kappa shape index (κ1) is 21.7. The zero-order valence-electron chi connectivity index (χ0n) is 17.0. The number of carbonyl (C=O) groups excluding carboxylic acids is 1. The molecule has 2 fully saturated rings. The summed E-state index contributed by atoms with van der Waals surface area (Å²) in [5.74, 6) is -0.0460. The van der Waals surface area contributed by atoms with E-state index >= 15 is 0 Å². The highest BCUT2D eigenvalue weighted by molar-refractivity contribution is 5.69. The minimum absolute atomic E-state index is 0.0460. The van der Waals surface area contributed by atoms with E-state index in [1.54, 1.807) is 0 Å². The summed E-state index contributed by atoms with van der Waals surface area (Å²) in [6.07, 6.45) is 18.7. The highest BCUT2D eigenvalue weighted by Crippen LogP contribution is 2.39. The van der Waals surface area contributed by atoms with E-state index in [0.717, 1.165) is 19.3 Å². The first-order valence-corrected chi connectivity index (χ1v) is 11.2. The Morgan fingerprint density at radius 2 is 1.27 bits per heavy atom. The zero-order valence-corrected chi connectivity index (χ0v) is 17.0. The summed E-state index contributed by atoms with van der Waals surface area (Å²) in [6.45, 7) is 4.61. The van der Waals surface area contributed by atoms with Crippen LogP contribution in [0.15, 0.2) is 0 Å². The van der Waals surface area contributed by atoms with Crippen molar-refractivity contribution >= 4 is 5.97 Å². The Labute approximate surface area is 160 Å². The van der Waals surface area contributed by atoms with Gasteiger partial charge in [0.05, 0.1) is 31.0 Å². The lowest BCUT2D eigenvalue weighted by Gasteiger charge is -2.02. The average Bonchev–Trinajstić information content (AvgIpc) is 3.53. The SMILES string of the molecule is CCCCCC1OC1CC1OC1CCCCCCCCCC(=O)OCC. The fourth-order valence-electron chi connectivity index (χ4n) is 3.84. The second kappa shape index (κ2) is 12.7. The largest absolute Gasteiger partial charge is 0.466 e. The maximum Gasteiger partial charge on any atom is 0.305 e. The number of epoxide rings is 2. The first-order chi connectivity index (χ1) is 12.7. The van der Waals surface area contributed by atoms with Gasteiger partial charge in [-0.1, -0.05) is 64.7 Å². The standard InChI is InChI=1S/C22H40O4/c1-3-5-11-14-18-20(25-18)17-21-19(26-21)15-12-9-7-6-8-10-13-16-22(23)24-4-2/h18-21H,3-17H2,1-2H3. The predicted octanol–water partition coefficient (Wildman–Crippen LogP) is 5.57. The molecule has 0 bridgehead atoms. The minimum Gasteiger partial charge on any atom is -0.466 e. The fraction of sp³-hybridized carbons (Fsp3) is 0.955. The molecule has 152 valence electrons. The van der Waals surface area contributed by atoms with E-state index < -0.39 is 0 Å². The van der Waals surface area contributed by atoms with Crippen LogP contribution >= 0.6 is 0 Å². The molecule has 4 unspecified atom stereocenters. The topological polar surface area (TPSA) is 51.4 Å². The van der Waals surface area contributed by atoms with E-state index in [1.165, 1.54) is 64.2 Å². The van der Waals surface area contributed by atoms with Crippen molar-refractivity contribution in [3.63, 3.8) is 0 Å². The van der Waals surface area contributed by atoms with Crippen LogP contribution in [-0.2, 0) is 19.0 Å². The first-order valence-electron chi connectivity index (χ1n) is 11.2. The Hall–Kier alpha value is -0.610.